The topological polar surface area (TPSA) is 38.0 Å². The normalized spacial score (nSPS) is 33.9. The minimum absolute atomic E-state index is 0.367. The predicted octanol–water partition coefficient (Wildman–Crippen LogP) is 2.46. The molecule has 1 N–H and O–H groups in total. The van der Waals surface area contributed by atoms with E-state index in [-0.39, 0.29) is 0 Å². The molecule has 0 saturated heterocycles. The number of nitrogens with zero attached hydrogens (tertiary/aromatic N) is 2. The fraction of sp³-hybridized carbons (Fsp3) is 0.786. The highest BCUT2D eigenvalue weighted by atomic mass is 16.3. The second-order valence-corrected chi connectivity index (χ2v) is 5.84. The van der Waals surface area contributed by atoms with E-state index in [1.807, 2.05) is 18.7 Å². The van der Waals surface area contributed by atoms with Gasteiger partial charge in [0, 0.05) is 19.2 Å². The van der Waals surface area contributed by atoms with Gasteiger partial charge in [0.15, 0.2) is 0 Å². The molecule has 1 aromatic heterocycles. The summed E-state index contributed by atoms with van der Waals surface area (Å²) in [5.74, 6) is 0.981. The Kier molecular flexibility index (Phi) is 3.30. The van der Waals surface area contributed by atoms with Gasteiger partial charge in [-0.3, -0.25) is 4.68 Å². The van der Waals surface area contributed by atoms with Crippen molar-refractivity contribution < 1.29 is 5.11 Å². The lowest BCUT2D eigenvalue weighted by atomic mass is 9.69. The number of aliphatic hydroxyl groups is 1. The van der Waals surface area contributed by atoms with E-state index in [1.165, 1.54) is 6.42 Å². The van der Waals surface area contributed by atoms with Gasteiger partial charge in [0.2, 0.25) is 0 Å². The monoisotopic (exact) mass is 236 g/mol. The third-order valence-electron chi connectivity index (χ3n) is 4.56. The molecule has 1 aromatic rings. The number of aryl methyl sites for hydroxylation is 2. The minimum Gasteiger partial charge on any atom is -0.389 e. The molecule has 0 aliphatic heterocycles. The fourth-order valence-electron chi connectivity index (χ4n) is 3.13. The van der Waals surface area contributed by atoms with Gasteiger partial charge in [0.1, 0.15) is 0 Å². The smallest absolute Gasteiger partial charge is 0.0730 e. The number of hydrogen-bond acceptors (Lipinski definition) is 2. The van der Waals surface area contributed by atoms with Gasteiger partial charge in [0.05, 0.1) is 11.3 Å². The Balaban J connectivity index is 2.18. The van der Waals surface area contributed by atoms with Gasteiger partial charge in [-0.1, -0.05) is 26.7 Å². The average Bonchev–Trinajstić information content (AvgIpc) is 2.54. The fourth-order valence-corrected chi connectivity index (χ4v) is 3.13. The van der Waals surface area contributed by atoms with E-state index < -0.39 is 5.60 Å². The van der Waals surface area contributed by atoms with Crippen LogP contribution in [0.5, 0.6) is 0 Å². The maximum absolute atomic E-state index is 10.9. The maximum Gasteiger partial charge on any atom is 0.0730 e. The quantitative estimate of drug-likeness (QED) is 0.856. The molecule has 1 aliphatic carbocycles. The molecule has 3 unspecified atom stereocenters. The van der Waals surface area contributed by atoms with Gasteiger partial charge < -0.3 is 5.11 Å². The SMILES string of the molecule is Cc1cc(CC2(O)CCCC(C)C2C)n(C)n1. The van der Waals surface area contributed by atoms with E-state index in [2.05, 4.69) is 25.0 Å². The summed E-state index contributed by atoms with van der Waals surface area (Å²) in [5.41, 5.74) is 1.63. The van der Waals surface area contributed by atoms with Crippen molar-refractivity contribution in [1.82, 2.24) is 9.78 Å². The Morgan fingerprint density at radius 2 is 2.24 bits per heavy atom. The highest BCUT2D eigenvalue weighted by molar-refractivity contribution is 5.12. The van der Waals surface area contributed by atoms with E-state index in [1.54, 1.807) is 0 Å². The largest absolute Gasteiger partial charge is 0.389 e. The molecule has 0 bridgehead atoms. The minimum atomic E-state index is -0.544. The van der Waals surface area contributed by atoms with Crippen LogP contribution in [-0.4, -0.2) is 20.5 Å². The Hall–Kier alpha value is -0.830. The third-order valence-corrected chi connectivity index (χ3v) is 4.56. The van der Waals surface area contributed by atoms with Gasteiger partial charge >= 0.3 is 0 Å². The molecule has 96 valence electrons. The summed E-state index contributed by atoms with van der Waals surface area (Å²) >= 11 is 0. The predicted molar refractivity (Wildman–Crippen MR) is 68.8 cm³/mol. The standard InChI is InChI=1S/C14H24N2O/c1-10-6-5-7-14(17,12(10)3)9-13-8-11(2)15-16(13)4/h8,10,12,17H,5-7,9H2,1-4H3. The first-order valence-electron chi connectivity index (χ1n) is 6.64. The first-order chi connectivity index (χ1) is 7.92. The number of rotatable bonds is 2. The van der Waals surface area contributed by atoms with Gasteiger partial charge in [0.25, 0.3) is 0 Å². The van der Waals surface area contributed by atoms with Crippen LogP contribution in [0.4, 0.5) is 0 Å². The van der Waals surface area contributed by atoms with Gasteiger partial charge in [-0.15, -0.1) is 0 Å². The van der Waals surface area contributed by atoms with Crippen LogP contribution in [0.15, 0.2) is 6.07 Å². The second-order valence-electron chi connectivity index (χ2n) is 5.84. The van der Waals surface area contributed by atoms with Crippen molar-refractivity contribution in [2.45, 2.75) is 52.1 Å². The summed E-state index contributed by atoms with van der Waals surface area (Å²) in [6.45, 7) is 6.44. The van der Waals surface area contributed by atoms with Crippen molar-refractivity contribution in [3.63, 3.8) is 0 Å². The molecule has 0 radical (unpaired) electrons. The lowest BCUT2D eigenvalue weighted by molar-refractivity contribution is -0.0632. The summed E-state index contributed by atoms with van der Waals surface area (Å²) in [7, 11) is 1.96. The van der Waals surface area contributed by atoms with Crippen molar-refractivity contribution in [2.24, 2.45) is 18.9 Å². The Labute approximate surface area is 104 Å². The molecular formula is C14H24N2O. The molecule has 17 heavy (non-hydrogen) atoms. The number of aromatic nitrogens is 2. The summed E-state index contributed by atoms with van der Waals surface area (Å²) in [4.78, 5) is 0. The molecular weight excluding hydrogens is 212 g/mol. The highest BCUT2D eigenvalue weighted by Gasteiger charge is 2.40. The summed E-state index contributed by atoms with van der Waals surface area (Å²) in [6, 6.07) is 2.09. The van der Waals surface area contributed by atoms with E-state index in [4.69, 9.17) is 0 Å². The molecule has 3 heteroatoms. The Morgan fingerprint density at radius 1 is 1.53 bits per heavy atom. The molecule has 1 aliphatic rings. The summed E-state index contributed by atoms with van der Waals surface area (Å²) in [6.07, 6.45) is 4.03. The van der Waals surface area contributed by atoms with Crippen molar-refractivity contribution in [1.29, 1.82) is 0 Å². The zero-order valence-corrected chi connectivity index (χ0v) is 11.4. The first-order valence-corrected chi connectivity index (χ1v) is 6.64. The molecule has 2 rings (SSSR count). The summed E-state index contributed by atoms with van der Waals surface area (Å²) < 4.78 is 1.90. The van der Waals surface area contributed by atoms with Crippen LogP contribution in [0.25, 0.3) is 0 Å². The molecule has 1 fully saturated rings. The van der Waals surface area contributed by atoms with Crippen LogP contribution in [0, 0.1) is 18.8 Å². The maximum atomic E-state index is 10.9. The van der Waals surface area contributed by atoms with Gasteiger partial charge in [-0.2, -0.15) is 5.10 Å². The van der Waals surface area contributed by atoms with Crippen LogP contribution >= 0.6 is 0 Å². The van der Waals surface area contributed by atoms with Crippen LogP contribution in [0.1, 0.15) is 44.5 Å². The molecule has 3 atom stereocenters. The molecule has 1 saturated carbocycles. The third kappa shape index (κ3) is 2.39. The van der Waals surface area contributed by atoms with Crippen LogP contribution < -0.4 is 0 Å². The zero-order chi connectivity index (χ0) is 12.6. The number of hydrogen-bond donors (Lipinski definition) is 1. The first kappa shape index (κ1) is 12.6. The van der Waals surface area contributed by atoms with E-state index in [9.17, 15) is 5.11 Å². The molecule has 0 aromatic carbocycles. The lowest BCUT2D eigenvalue weighted by Gasteiger charge is -2.42. The van der Waals surface area contributed by atoms with Crippen molar-refractivity contribution >= 4 is 0 Å². The molecule has 0 amide bonds. The zero-order valence-electron chi connectivity index (χ0n) is 11.4. The Bertz CT molecular complexity index is 399. The average molecular weight is 236 g/mol. The highest BCUT2D eigenvalue weighted by Crippen LogP contribution is 2.39. The van der Waals surface area contributed by atoms with E-state index in [0.717, 1.165) is 30.7 Å². The van der Waals surface area contributed by atoms with Gasteiger partial charge in [-0.25, -0.2) is 0 Å². The van der Waals surface area contributed by atoms with Crippen molar-refractivity contribution in [2.75, 3.05) is 0 Å². The molecule has 3 nitrogen and oxygen atoms in total. The lowest BCUT2D eigenvalue weighted by Crippen LogP contribution is -2.45. The Morgan fingerprint density at radius 3 is 2.82 bits per heavy atom. The molecule has 0 spiro atoms. The van der Waals surface area contributed by atoms with Crippen molar-refractivity contribution in [3.8, 4) is 0 Å². The molecule has 1 heterocycles. The van der Waals surface area contributed by atoms with Crippen molar-refractivity contribution in [3.05, 3.63) is 17.5 Å². The second kappa shape index (κ2) is 4.45. The van der Waals surface area contributed by atoms with Crippen LogP contribution in [0.3, 0.4) is 0 Å². The summed E-state index contributed by atoms with van der Waals surface area (Å²) in [5, 5.41) is 15.2. The van der Waals surface area contributed by atoms with Crippen LogP contribution in [-0.2, 0) is 13.5 Å². The van der Waals surface area contributed by atoms with E-state index in [0.29, 0.717) is 11.8 Å². The van der Waals surface area contributed by atoms with Gasteiger partial charge in [-0.05, 0) is 31.2 Å². The van der Waals surface area contributed by atoms with E-state index >= 15 is 0 Å². The van der Waals surface area contributed by atoms with Crippen LogP contribution in [0.2, 0.25) is 0 Å².